The van der Waals surface area contributed by atoms with Crippen molar-refractivity contribution in [3.05, 3.63) is 0 Å². The SMILES string of the molecule is CC.CCCC(C)N(CC)CCC. The van der Waals surface area contributed by atoms with Gasteiger partial charge in [0.2, 0.25) is 0 Å². The largest absolute Gasteiger partial charge is 0.301 e. The van der Waals surface area contributed by atoms with Crippen LogP contribution < -0.4 is 0 Å². The Labute approximate surface area is 85.5 Å². The summed E-state index contributed by atoms with van der Waals surface area (Å²) in [5, 5.41) is 0. The maximum Gasteiger partial charge on any atom is 0.00667 e. The minimum Gasteiger partial charge on any atom is -0.301 e. The van der Waals surface area contributed by atoms with E-state index in [9.17, 15) is 0 Å². The number of hydrogen-bond acceptors (Lipinski definition) is 1. The third-order valence-electron chi connectivity index (χ3n) is 2.25. The molecule has 0 aromatic rings. The quantitative estimate of drug-likeness (QED) is 0.609. The van der Waals surface area contributed by atoms with Crippen LogP contribution in [-0.4, -0.2) is 24.0 Å². The first kappa shape index (κ1) is 15.4. The zero-order chi connectivity index (χ0) is 10.7. The Morgan fingerprint density at radius 2 is 1.54 bits per heavy atom. The highest BCUT2D eigenvalue weighted by Gasteiger charge is 2.08. The molecule has 0 amide bonds. The van der Waals surface area contributed by atoms with Gasteiger partial charge in [-0.25, -0.2) is 0 Å². The molecule has 1 nitrogen and oxygen atoms in total. The van der Waals surface area contributed by atoms with E-state index in [1.54, 1.807) is 0 Å². The minimum absolute atomic E-state index is 0.782. The van der Waals surface area contributed by atoms with Gasteiger partial charge in [-0.2, -0.15) is 0 Å². The van der Waals surface area contributed by atoms with Crippen molar-refractivity contribution in [2.24, 2.45) is 0 Å². The van der Waals surface area contributed by atoms with Gasteiger partial charge in [0.05, 0.1) is 0 Å². The molecule has 0 saturated heterocycles. The lowest BCUT2D eigenvalue weighted by atomic mass is 10.1. The van der Waals surface area contributed by atoms with Crippen LogP contribution in [0.5, 0.6) is 0 Å². The van der Waals surface area contributed by atoms with Gasteiger partial charge in [0, 0.05) is 6.04 Å². The maximum atomic E-state index is 2.56. The Balaban J connectivity index is 0. The molecule has 0 aliphatic rings. The third kappa shape index (κ3) is 8.29. The van der Waals surface area contributed by atoms with Crippen molar-refractivity contribution in [1.29, 1.82) is 0 Å². The van der Waals surface area contributed by atoms with Crippen molar-refractivity contribution in [2.45, 2.75) is 66.8 Å². The molecule has 1 heteroatoms. The first-order valence-corrected chi connectivity index (χ1v) is 6.00. The van der Waals surface area contributed by atoms with E-state index in [-0.39, 0.29) is 0 Å². The van der Waals surface area contributed by atoms with Crippen molar-refractivity contribution in [2.75, 3.05) is 13.1 Å². The molecular weight excluding hydrogens is 158 g/mol. The summed E-state index contributed by atoms with van der Waals surface area (Å²) in [4.78, 5) is 2.56. The highest BCUT2D eigenvalue weighted by molar-refractivity contribution is 4.64. The molecule has 0 N–H and O–H groups in total. The zero-order valence-corrected chi connectivity index (χ0v) is 10.6. The molecule has 0 spiro atoms. The Morgan fingerprint density at radius 3 is 1.85 bits per heavy atom. The van der Waals surface area contributed by atoms with Crippen LogP contribution in [0.2, 0.25) is 0 Å². The average Bonchev–Trinajstić information content (AvgIpc) is 2.17. The summed E-state index contributed by atoms with van der Waals surface area (Å²) >= 11 is 0. The molecule has 0 aliphatic carbocycles. The summed E-state index contributed by atoms with van der Waals surface area (Å²) in [6.07, 6.45) is 3.93. The van der Waals surface area contributed by atoms with Crippen molar-refractivity contribution in [3.8, 4) is 0 Å². The normalized spacial score (nSPS) is 12.2. The summed E-state index contributed by atoms with van der Waals surface area (Å²) in [5.41, 5.74) is 0. The fourth-order valence-electron chi connectivity index (χ4n) is 1.58. The van der Waals surface area contributed by atoms with Gasteiger partial charge >= 0.3 is 0 Å². The van der Waals surface area contributed by atoms with Crippen molar-refractivity contribution in [1.82, 2.24) is 4.90 Å². The average molecular weight is 187 g/mol. The Kier molecular flexibility index (Phi) is 14.2. The fraction of sp³-hybridized carbons (Fsp3) is 1.00. The maximum absolute atomic E-state index is 2.56. The summed E-state index contributed by atoms with van der Waals surface area (Å²) in [6, 6.07) is 0.782. The van der Waals surface area contributed by atoms with Crippen LogP contribution in [0.4, 0.5) is 0 Å². The second kappa shape index (κ2) is 12.0. The molecule has 0 radical (unpaired) electrons. The van der Waals surface area contributed by atoms with Gasteiger partial charge in [-0.3, -0.25) is 0 Å². The number of rotatable bonds is 6. The van der Waals surface area contributed by atoms with Gasteiger partial charge in [0.15, 0.2) is 0 Å². The van der Waals surface area contributed by atoms with E-state index < -0.39 is 0 Å². The fourth-order valence-corrected chi connectivity index (χ4v) is 1.58. The van der Waals surface area contributed by atoms with E-state index >= 15 is 0 Å². The van der Waals surface area contributed by atoms with Crippen LogP contribution in [0.25, 0.3) is 0 Å². The lowest BCUT2D eigenvalue weighted by Crippen LogP contribution is -2.33. The summed E-state index contributed by atoms with van der Waals surface area (Å²) in [7, 11) is 0. The van der Waals surface area contributed by atoms with Crippen LogP contribution in [0, 0.1) is 0 Å². The highest BCUT2D eigenvalue weighted by Crippen LogP contribution is 2.06. The van der Waals surface area contributed by atoms with Crippen molar-refractivity contribution in [3.63, 3.8) is 0 Å². The second-order valence-electron chi connectivity index (χ2n) is 3.27. The molecule has 0 bridgehead atoms. The molecule has 1 unspecified atom stereocenters. The molecule has 1 atom stereocenters. The van der Waals surface area contributed by atoms with Crippen LogP contribution >= 0.6 is 0 Å². The van der Waals surface area contributed by atoms with E-state index in [1.807, 2.05) is 13.8 Å². The third-order valence-corrected chi connectivity index (χ3v) is 2.25. The van der Waals surface area contributed by atoms with E-state index in [0.717, 1.165) is 6.04 Å². The summed E-state index contributed by atoms with van der Waals surface area (Å²) in [5.74, 6) is 0. The van der Waals surface area contributed by atoms with Crippen molar-refractivity contribution < 1.29 is 0 Å². The van der Waals surface area contributed by atoms with Gasteiger partial charge < -0.3 is 4.90 Å². The van der Waals surface area contributed by atoms with Crippen LogP contribution in [0.15, 0.2) is 0 Å². The topological polar surface area (TPSA) is 3.24 Å². The lowest BCUT2D eigenvalue weighted by molar-refractivity contribution is 0.209. The minimum atomic E-state index is 0.782. The molecule has 0 fully saturated rings. The van der Waals surface area contributed by atoms with E-state index in [2.05, 4.69) is 32.6 Å². The smallest absolute Gasteiger partial charge is 0.00667 e. The van der Waals surface area contributed by atoms with Crippen LogP contribution in [-0.2, 0) is 0 Å². The number of nitrogens with zero attached hydrogens (tertiary/aromatic N) is 1. The molecule has 13 heavy (non-hydrogen) atoms. The van der Waals surface area contributed by atoms with E-state index in [0.29, 0.717) is 0 Å². The Hall–Kier alpha value is -0.0400. The Morgan fingerprint density at radius 1 is 1.00 bits per heavy atom. The summed E-state index contributed by atoms with van der Waals surface area (Å²) < 4.78 is 0. The summed E-state index contributed by atoms with van der Waals surface area (Å²) in [6.45, 7) is 15.6. The highest BCUT2D eigenvalue weighted by atomic mass is 15.1. The first-order chi connectivity index (χ1) is 6.26. The van der Waals surface area contributed by atoms with Gasteiger partial charge in [-0.05, 0) is 32.9 Å². The lowest BCUT2D eigenvalue weighted by Gasteiger charge is -2.26. The molecular formula is C12H29N. The first-order valence-electron chi connectivity index (χ1n) is 6.00. The van der Waals surface area contributed by atoms with Gasteiger partial charge in [0.1, 0.15) is 0 Å². The number of hydrogen-bond donors (Lipinski definition) is 0. The van der Waals surface area contributed by atoms with Gasteiger partial charge in [-0.1, -0.05) is 41.0 Å². The predicted octanol–water partition coefficient (Wildman–Crippen LogP) is 3.93. The molecule has 0 saturated carbocycles. The van der Waals surface area contributed by atoms with Crippen LogP contribution in [0.1, 0.15) is 60.8 Å². The van der Waals surface area contributed by atoms with Gasteiger partial charge in [-0.15, -0.1) is 0 Å². The van der Waals surface area contributed by atoms with Crippen LogP contribution in [0.3, 0.4) is 0 Å². The predicted molar refractivity (Wildman–Crippen MR) is 63.3 cm³/mol. The molecule has 82 valence electrons. The Bertz CT molecular complexity index is 81.2. The second-order valence-corrected chi connectivity index (χ2v) is 3.27. The molecule has 0 heterocycles. The zero-order valence-electron chi connectivity index (χ0n) is 10.6. The molecule has 0 aromatic heterocycles. The monoisotopic (exact) mass is 187 g/mol. The van der Waals surface area contributed by atoms with Crippen molar-refractivity contribution >= 4 is 0 Å². The molecule has 0 aromatic carbocycles. The molecule has 0 aliphatic heterocycles. The van der Waals surface area contributed by atoms with E-state index in [4.69, 9.17) is 0 Å². The standard InChI is InChI=1S/C10H23N.C2H6/c1-5-8-10(4)11(7-3)9-6-2;1-2/h10H,5-9H2,1-4H3;1-2H3. The molecule has 0 rings (SSSR count). The van der Waals surface area contributed by atoms with E-state index in [1.165, 1.54) is 32.4 Å². The van der Waals surface area contributed by atoms with Gasteiger partial charge in [0.25, 0.3) is 0 Å².